The van der Waals surface area contributed by atoms with E-state index in [4.69, 9.17) is 4.52 Å². The average molecular weight is 448 g/mol. The zero-order valence-electron chi connectivity index (χ0n) is 17.9. The Morgan fingerprint density at radius 3 is 2.69 bits per heavy atom. The first kappa shape index (κ1) is 20.8. The van der Waals surface area contributed by atoms with Gasteiger partial charge in [0, 0.05) is 30.5 Å². The fraction of sp³-hybridized carbons (Fsp3) is 0.280. The van der Waals surface area contributed by atoms with Gasteiger partial charge in [-0.05, 0) is 42.7 Å². The molecule has 0 spiro atoms. The molecule has 6 nitrogen and oxygen atoms in total. The third-order valence-electron chi connectivity index (χ3n) is 6.17. The summed E-state index contributed by atoms with van der Waals surface area (Å²) in [6.45, 7) is 3.00. The quantitative estimate of drug-likeness (QED) is 0.437. The molecule has 4 aromatic rings. The molecule has 2 heterocycles. The van der Waals surface area contributed by atoms with Gasteiger partial charge in [0.15, 0.2) is 0 Å². The summed E-state index contributed by atoms with van der Waals surface area (Å²) in [4.78, 5) is 4.95. The summed E-state index contributed by atoms with van der Waals surface area (Å²) in [5.74, 6) is 1.27. The molecule has 1 aromatic heterocycles. The van der Waals surface area contributed by atoms with Gasteiger partial charge in [-0.1, -0.05) is 65.8 Å². The molecular weight excluding hydrogens is 422 g/mol. The van der Waals surface area contributed by atoms with Crippen molar-refractivity contribution in [3.05, 3.63) is 78.2 Å². The van der Waals surface area contributed by atoms with E-state index in [2.05, 4.69) is 10.1 Å². The fourth-order valence-corrected chi connectivity index (χ4v) is 6.26. The molecule has 0 amide bonds. The smallest absolute Gasteiger partial charge is 0.243 e. The van der Waals surface area contributed by atoms with E-state index in [0.29, 0.717) is 36.1 Å². The summed E-state index contributed by atoms with van der Waals surface area (Å²) in [5, 5.41) is 5.83. The molecule has 32 heavy (non-hydrogen) atoms. The Bertz CT molecular complexity index is 1360. The van der Waals surface area contributed by atoms with Crippen molar-refractivity contribution < 1.29 is 12.9 Å². The lowest BCUT2D eigenvalue weighted by molar-refractivity contribution is 0.247. The second-order valence-corrected chi connectivity index (χ2v) is 10.3. The first-order valence-electron chi connectivity index (χ1n) is 10.9. The van der Waals surface area contributed by atoms with Gasteiger partial charge in [0.2, 0.25) is 21.7 Å². The van der Waals surface area contributed by atoms with Crippen molar-refractivity contribution in [1.82, 2.24) is 14.4 Å². The minimum Gasteiger partial charge on any atom is -0.339 e. The number of benzene rings is 3. The van der Waals surface area contributed by atoms with Crippen LogP contribution in [0.4, 0.5) is 0 Å². The van der Waals surface area contributed by atoms with Crippen LogP contribution in [-0.2, 0) is 16.4 Å². The molecule has 0 aliphatic carbocycles. The third-order valence-corrected chi connectivity index (χ3v) is 8.09. The Morgan fingerprint density at radius 1 is 1.03 bits per heavy atom. The van der Waals surface area contributed by atoms with E-state index < -0.39 is 10.0 Å². The molecule has 0 radical (unpaired) electrons. The van der Waals surface area contributed by atoms with Crippen molar-refractivity contribution in [2.45, 2.75) is 31.1 Å². The second kappa shape index (κ2) is 8.48. The highest BCUT2D eigenvalue weighted by Crippen LogP contribution is 2.30. The van der Waals surface area contributed by atoms with Gasteiger partial charge in [-0.2, -0.15) is 9.29 Å². The maximum atomic E-state index is 13.5. The molecule has 1 unspecified atom stereocenters. The largest absolute Gasteiger partial charge is 0.339 e. The Hall–Kier alpha value is -3.03. The first-order valence-corrected chi connectivity index (χ1v) is 12.3. The van der Waals surface area contributed by atoms with E-state index in [0.717, 1.165) is 34.7 Å². The van der Waals surface area contributed by atoms with Crippen LogP contribution in [0.15, 0.2) is 76.1 Å². The molecule has 1 aliphatic heterocycles. The lowest BCUT2D eigenvalue weighted by Gasteiger charge is -2.31. The fourth-order valence-electron chi connectivity index (χ4n) is 4.49. The SMILES string of the molecule is Cc1ccccc1-c1noc(CC2CCCN(S(=O)(=O)c3cccc4ccccc34)C2)n1. The molecule has 0 bridgehead atoms. The Balaban J connectivity index is 1.35. The highest BCUT2D eigenvalue weighted by atomic mass is 32.2. The van der Waals surface area contributed by atoms with Crippen LogP contribution < -0.4 is 0 Å². The predicted octanol–water partition coefficient (Wildman–Crippen LogP) is 4.84. The zero-order valence-corrected chi connectivity index (χ0v) is 18.8. The minimum absolute atomic E-state index is 0.138. The molecule has 0 N–H and O–H groups in total. The number of fused-ring (bicyclic) bond motifs is 1. The van der Waals surface area contributed by atoms with Crippen LogP contribution in [0.1, 0.15) is 24.3 Å². The third kappa shape index (κ3) is 3.94. The monoisotopic (exact) mass is 447 g/mol. The van der Waals surface area contributed by atoms with Gasteiger partial charge in [0.05, 0.1) is 4.90 Å². The molecule has 1 aliphatic rings. The van der Waals surface area contributed by atoms with E-state index in [9.17, 15) is 8.42 Å². The summed E-state index contributed by atoms with van der Waals surface area (Å²) < 4.78 is 34.1. The van der Waals surface area contributed by atoms with Crippen molar-refractivity contribution in [2.24, 2.45) is 5.92 Å². The maximum Gasteiger partial charge on any atom is 0.243 e. The van der Waals surface area contributed by atoms with Crippen LogP contribution in [0.2, 0.25) is 0 Å². The van der Waals surface area contributed by atoms with E-state index in [-0.39, 0.29) is 5.92 Å². The first-order chi connectivity index (χ1) is 15.5. The van der Waals surface area contributed by atoms with Crippen molar-refractivity contribution in [3.63, 3.8) is 0 Å². The van der Waals surface area contributed by atoms with E-state index in [1.165, 1.54) is 0 Å². The molecule has 7 heteroatoms. The van der Waals surface area contributed by atoms with Gasteiger partial charge >= 0.3 is 0 Å². The number of sulfonamides is 1. The van der Waals surface area contributed by atoms with Crippen LogP contribution in [-0.4, -0.2) is 36.0 Å². The summed E-state index contributed by atoms with van der Waals surface area (Å²) in [6, 6.07) is 21.0. The van der Waals surface area contributed by atoms with Crippen LogP contribution in [0.3, 0.4) is 0 Å². The predicted molar refractivity (Wildman–Crippen MR) is 124 cm³/mol. The Kier molecular flexibility index (Phi) is 5.53. The van der Waals surface area contributed by atoms with Crippen molar-refractivity contribution >= 4 is 20.8 Å². The minimum atomic E-state index is -3.59. The number of aryl methyl sites for hydroxylation is 1. The van der Waals surface area contributed by atoms with Gasteiger partial charge in [-0.25, -0.2) is 8.42 Å². The average Bonchev–Trinajstić information content (AvgIpc) is 3.27. The van der Waals surface area contributed by atoms with Crippen molar-refractivity contribution in [2.75, 3.05) is 13.1 Å². The molecule has 164 valence electrons. The maximum absolute atomic E-state index is 13.5. The Morgan fingerprint density at radius 2 is 1.81 bits per heavy atom. The van der Waals surface area contributed by atoms with Gasteiger partial charge in [0.25, 0.3) is 0 Å². The molecule has 1 atom stereocenters. The van der Waals surface area contributed by atoms with E-state index in [1.54, 1.807) is 10.4 Å². The van der Waals surface area contributed by atoms with Crippen LogP contribution in [0.25, 0.3) is 22.2 Å². The summed E-state index contributed by atoms with van der Waals surface area (Å²) >= 11 is 0. The lowest BCUT2D eigenvalue weighted by Crippen LogP contribution is -2.40. The van der Waals surface area contributed by atoms with E-state index in [1.807, 2.05) is 67.6 Å². The summed E-state index contributed by atoms with van der Waals surface area (Å²) in [5.41, 5.74) is 2.04. The number of rotatable bonds is 5. The standard InChI is InChI=1S/C25H25N3O3S/c1-18-8-2-4-12-21(18)25-26-24(31-27-25)16-19-9-7-15-28(17-19)32(29,30)23-14-6-11-20-10-3-5-13-22(20)23/h2-6,8,10-14,19H,7,9,15-17H2,1H3. The molecular formula is C25H25N3O3S. The second-order valence-electron chi connectivity index (χ2n) is 8.38. The number of aromatic nitrogens is 2. The number of nitrogens with zero attached hydrogens (tertiary/aromatic N) is 3. The summed E-state index contributed by atoms with van der Waals surface area (Å²) in [7, 11) is -3.59. The number of hydrogen-bond acceptors (Lipinski definition) is 5. The van der Waals surface area contributed by atoms with Gasteiger partial charge < -0.3 is 4.52 Å². The van der Waals surface area contributed by atoms with Crippen molar-refractivity contribution in [3.8, 4) is 11.4 Å². The van der Waals surface area contributed by atoms with E-state index >= 15 is 0 Å². The van der Waals surface area contributed by atoms with Gasteiger partial charge in [-0.3, -0.25) is 0 Å². The van der Waals surface area contributed by atoms with Crippen molar-refractivity contribution in [1.29, 1.82) is 0 Å². The normalized spacial score (nSPS) is 17.6. The van der Waals surface area contributed by atoms with Crippen LogP contribution in [0, 0.1) is 12.8 Å². The highest BCUT2D eigenvalue weighted by molar-refractivity contribution is 7.89. The lowest BCUT2D eigenvalue weighted by atomic mass is 9.96. The molecule has 5 rings (SSSR count). The number of hydrogen-bond donors (Lipinski definition) is 0. The molecule has 3 aromatic carbocycles. The van der Waals surface area contributed by atoms with Gasteiger partial charge in [-0.15, -0.1) is 0 Å². The number of piperidine rings is 1. The summed E-state index contributed by atoms with van der Waals surface area (Å²) in [6.07, 6.45) is 2.32. The molecule has 1 saturated heterocycles. The molecule has 0 saturated carbocycles. The van der Waals surface area contributed by atoms with Gasteiger partial charge in [0.1, 0.15) is 0 Å². The van der Waals surface area contributed by atoms with Crippen LogP contribution >= 0.6 is 0 Å². The highest BCUT2D eigenvalue weighted by Gasteiger charge is 2.32. The Labute approximate surface area is 187 Å². The topological polar surface area (TPSA) is 76.3 Å². The molecule has 1 fully saturated rings. The van der Waals surface area contributed by atoms with Crippen LogP contribution in [0.5, 0.6) is 0 Å². The zero-order chi connectivity index (χ0) is 22.1.